The first-order chi connectivity index (χ1) is 15.9. The number of benzene rings is 1. The number of halogens is 1. The van der Waals surface area contributed by atoms with Gasteiger partial charge in [-0.1, -0.05) is 6.07 Å². The summed E-state index contributed by atoms with van der Waals surface area (Å²) in [6, 6.07) is 15.2. The van der Waals surface area contributed by atoms with Crippen LogP contribution in [0.25, 0.3) is 22.5 Å². The molecule has 1 atom stereocenters. The molecule has 0 saturated heterocycles. The zero-order chi connectivity index (χ0) is 23.4. The number of aromatic nitrogens is 4. The molecule has 9 heteroatoms. The highest BCUT2D eigenvalue weighted by Gasteiger charge is 2.13. The molecule has 1 unspecified atom stereocenters. The molecule has 0 saturated carbocycles. The first-order valence-electron chi connectivity index (χ1n) is 10.2. The van der Waals surface area contributed by atoms with Crippen LogP contribution in [0.1, 0.15) is 12.1 Å². The summed E-state index contributed by atoms with van der Waals surface area (Å²) >= 11 is 0. The van der Waals surface area contributed by atoms with E-state index in [1.165, 1.54) is 12.3 Å². The largest absolute Gasteiger partial charge is 0.481 e. The van der Waals surface area contributed by atoms with Crippen molar-refractivity contribution in [3.05, 3.63) is 78.5 Å². The minimum absolute atomic E-state index is 0.119. The number of aliphatic carboxylic acids is 1. The Labute approximate surface area is 189 Å². The number of carbonyl (C=O) groups is 1. The maximum absolute atomic E-state index is 14.6. The summed E-state index contributed by atoms with van der Waals surface area (Å²) in [6.45, 7) is 0. The number of nitrogens with zero attached hydrogens (tertiary/aromatic N) is 4. The highest BCUT2D eigenvalue weighted by Crippen LogP contribution is 2.28. The van der Waals surface area contributed by atoms with Crippen LogP contribution in [0.15, 0.2) is 67.0 Å². The topological polar surface area (TPSA) is 116 Å². The molecule has 4 rings (SSSR count). The Morgan fingerprint density at radius 3 is 2.64 bits per heavy atom. The fourth-order valence-corrected chi connectivity index (χ4v) is 3.42. The molecule has 3 N–H and O–H groups in total. The van der Waals surface area contributed by atoms with Crippen molar-refractivity contribution in [1.29, 1.82) is 0 Å². The van der Waals surface area contributed by atoms with E-state index in [-0.39, 0.29) is 12.3 Å². The van der Waals surface area contributed by atoms with Crippen molar-refractivity contribution >= 4 is 5.97 Å². The lowest BCUT2D eigenvalue weighted by Crippen LogP contribution is -2.26. The number of hydrogen-bond donors (Lipinski definition) is 2. The number of rotatable bonds is 8. The quantitative estimate of drug-likeness (QED) is 0.422. The molecule has 0 fully saturated rings. The third-order valence-electron chi connectivity index (χ3n) is 5.00. The molecule has 0 radical (unpaired) electrons. The van der Waals surface area contributed by atoms with Gasteiger partial charge in [0.25, 0.3) is 5.88 Å². The normalized spacial score (nSPS) is 11.8. The Kier molecular flexibility index (Phi) is 6.41. The van der Waals surface area contributed by atoms with Gasteiger partial charge in [0.2, 0.25) is 0 Å². The lowest BCUT2D eigenvalue weighted by atomic mass is 10.1. The second-order valence-electron chi connectivity index (χ2n) is 7.55. The zero-order valence-corrected chi connectivity index (χ0v) is 17.9. The van der Waals surface area contributed by atoms with Crippen molar-refractivity contribution in [2.24, 2.45) is 12.8 Å². The van der Waals surface area contributed by atoms with Crippen molar-refractivity contribution in [3.8, 4) is 34.1 Å². The Morgan fingerprint density at radius 1 is 1.18 bits per heavy atom. The minimum atomic E-state index is -0.938. The van der Waals surface area contributed by atoms with Crippen molar-refractivity contribution in [3.63, 3.8) is 0 Å². The Balaban J connectivity index is 1.46. The van der Waals surface area contributed by atoms with Crippen LogP contribution in [0.5, 0.6) is 11.6 Å². The summed E-state index contributed by atoms with van der Waals surface area (Å²) in [5.74, 6) is -1.21. The van der Waals surface area contributed by atoms with Gasteiger partial charge in [0.1, 0.15) is 5.75 Å². The smallest absolute Gasteiger partial charge is 0.304 e. The van der Waals surface area contributed by atoms with Crippen LogP contribution in [0.3, 0.4) is 0 Å². The maximum Gasteiger partial charge on any atom is 0.304 e. The average Bonchev–Trinajstić information content (AvgIpc) is 3.21. The van der Waals surface area contributed by atoms with Crippen LogP contribution < -0.4 is 10.5 Å². The molecule has 3 aromatic heterocycles. The second-order valence-corrected chi connectivity index (χ2v) is 7.55. The molecule has 0 bridgehead atoms. The highest BCUT2D eigenvalue weighted by molar-refractivity contribution is 5.67. The van der Waals surface area contributed by atoms with E-state index in [2.05, 4.69) is 15.1 Å². The van der Waals surface area contributed by atoms with Gasteiger partial charge >= 0.3 is 5.97 Å². The van der Waals surface area contributed by atoms with Crippen molar-refractivity contribution in [2.75, 3.05) is 0 Å². The number of pyridine rings is 2. The molecule has 0 amide bonds. The fourth-order valence-electron chi connectivity index (χ4n) is 3.42. The molecule has 33 heavy (non-hydrogen) atoms. The van der Waals surface area contributed by atoms with E-state index in [0.717, 1.165) is 11.3 Å². The molecule has 0 aliphatic rings. The molecule has 3 heterocycles. The number of hydrogen-bond acceptors (Lipinski definition) is 6. The summed E-state index contributed by atoms with van der Waals surface area (Å²) in [5.41, 5.74) is 9.47. The molecule has 0 aliphatic carbocycles. The van der Waals surface area contributed by atoms with Crippen molar-refractivity contribution < 1.29 is 19.0 Å². The van der Waals surface area contributed by atoms with Gasteiger partial charge in [-0.25, -0.2) is 9.37 Å². The first-order valence-corrected chi connectivity index (χ1v) is 10.2. The standard InChI is InChI=1S/C24H22FN5O3/c1-30-22(9-10-28-30)16-11-20(25)24(27-14-16)33-19-7-5-15(6-8-19)21-4-2-3-18(29-21)12-17(26)13-23(31)32/h2-11,14,17H,12-13,26H2,1H3,(H,31,32). The van der Waals surface area contributed by atoms with E-state index in [4.69, 9.17) is 15.6 Å². The second kappa shape index (κ2) is 9.58. The van der Waals surface area contributed by atoms with E-state index in [9.17, 15) is 9.18 Å². The lowest BCUT2D eigenvalue weighted by Gasteiger charge is -2.10. The number of carboxylic acid groups (broad SMARTS) is 1. The monoisotopic (exact) mass is 447 g/mol. The Hall–Kier alpha value is -4.11. The summed E-state index contributed by atoms with van der Waals surface area (Å²) in [5, 5.41) is 12.9. The average molecular weight is 447 g/mol. The zero-order valence-electron chi connectivity index (χ0n) is 17.9. The number of aryl methyl sites for hydroxylation is 1. The van der Waals surface area contributed by atoms with E-state index in [1.807, 2.05) is 18.2 Å². The number of carboxylic acids is 1. The van der Waals surface area contributed by atoms with Gasteiger partial charge in [0, 0.05) is 48.7 Å². The number of nitrogens with two attached hydrogens (primary N) is 1. The molecular weight excluding hydrogens is 425 g/mol. The van der Waals surface area contributed by atoms with Gasteiger partial charge < -0.3 is 15.6 Å². The summed E-state index contributed by atoms with van der Waals surface area (Å²) in [6.07, 6.45) is 3.41. The van der Waals surface area contributed by atoms with E-state index in [1.54, 1.807) is 48.3 Å². The summed E-state index contributed by atoms with van der Waals surface area (Å²) < 4.78 is 21.8. The van der Waals surface area contributed by atoms with Gasteiger partial charge in [-0.2, -0.15) is 5.10 Å². The van der Waals surface area contributed by atoms with Crippen LogP contribution in [0.4, 0.5) is 4.39 Å². The van der Waals surface area contributed by atoms with Gasteiger partial charge in [-0.05, 0) is 48.5 Å². The summed E-state index contributed by atoms with van der Waals surface area (Å²) in [4.78, 5) is 19.5. The van der Waals surface area contributed by atoms with Crippen LogP contribution in [-0.2, 0) is 18.3 Å². The Bertz CT molecular complexity index is 1270. The number of ether oxygens (including phenoxy) is 1. The first kappa shape index (κ1) is 22.1. The third-order valence-corrected chi connectivity index (χ3v) is 5.00. The molecule has 168 valence electrons. The molecule has 1 aromatic carbocycles. The fraction of sp³-hybridized carbons (Fsp3) is 0.167. The molecule has 4 aromatic rings. The predicted molar refractivity (Wildman–Crippen MR) is 120 cm³/mol. The van der Waals surface area contributed by atoms with Crippen LogP contribution in [0.2, 0.25) is 0 Å². The van der Waals surface area contributed by atoms with Crippen LogP contribution in [-0.4, -0.2) is 36.9 Å². The van der Waals surface area contributed by atoms with Crippen LogP contribution >= 0.6 is 0 Å². The highest BCUT2D eigenvalue weighted by atomic mass is 19.1. The van der Waals surface area contributed by atoms with Gasteiger partial charge in [-0.15, -0.1) is 0 Å². The minimum Gasteiger partial charge on any atom is -0.481 e. The Morgan fingerprint density at radius 2 is 1.97 bits per heavy atom. The predicted octanol–water partition coefficient (Wildman–Crippen LogP) is 3.82. The van der Waals surface area contributed by atoms with Crippen LogP contribution in [0, 0.1) is 5.82 Å². The van der Waals surface area contributed by atoms with Gasteiger partial charge in [0.05, 0.1) is 17.8 Å². The molecule has 0 spiro atoms. The third kappa shape index (κ3) is 5.39. The summed E-state index contributed by atoms with van der Waals surface area (Å²) in [7, 11) is 1.77. The molecular formula is C24H22FN5O3. The van der Waals surface area contributed by atoms with Gasteiger partial charge in [0.15, 0.2) is 5.82 Å². The van der Waals surface area contributed by atoms with E-state index in [0.29, 0.717) is 29.1 Å². The SMILES string of the molecule is Cn1nccc1-c1cnc(Oc2ccc(-c3cccc(CC(N)CC(=O)O)n3)cc2)c(F)c1. The van der Waals surface area contributed by atoms with E-state index < -0.39 is 17.8 Å². The van der Waals surface area contributed by atoms with Gasteiger partial charge in [-0.3, -0.25) is 14.5 Å². The lowest BCUT2D eigenvalue weighted by molar-refractivity contribution is -0.137. The van der Waals surface area contributed by atoms with E-state index >= 15 is 0 Å². The molecule has 8 nitrogen and oxygen atoms in total. The molecule has 0 aliphatic heterocycles. The van der Waals surface area contributed by atoms with Crippen molar-refractivity contribution in [2.45, 2.75) is 18.9 Å². The van der Waals surface area contributed by atoms with Crippen molar-refractivity contribution in [1.82, 2.24) is 19.7 Å². The maximum atomic E-state index is 14.6.